The number of para-hydroxylation sites is 1. The Balaban J connectivity index is 2.04. The van der Waals surface area contributed by atoms with Crippen LogP contribution in [0.15, 0.2) is 60.7 Å². The van der Waals surface area contributed by atoms with Crippen LogP contribution in [0.3, 0.4) is 0 Å². The summed E-state index contributed by atoms with van der Waals surface area (Å²) in [6, 6.07) is 15.9. The summed E-state index contributed by atoms with van der Waals surface area (Å²) in [6.45, 7) is 12.9. The summed E-state index contributed by atoms with van der Waals surface area (Å²) >= 11 is 0. The highest BCUT2D eigenvalue weighted by atomic mass is 16.6. The van der Waals surface area contributed by atoms with Gasteiger partial charge >= 0.3 is 6.09 Å². The molecular weight excluding hydrogens is 518 g/mol. The molecule has 3 N–H and O–H groups in total. The van der Waals surface area contributed by atoms with Gasteiger partial charge in [0.05, 0.1) is 0 Å². The molecule has 0 spiro atoms. The van der Waals surface area contributed by atoms with E-state index in [9.17, 15) is 19.5 Å². The quantitative estimate of drug-likeness (QED) is 0.319. The fourth-order valence-corrected chi connectivity index (χ4v) is 4.85. The number of phenolic OH excluding ortho intramolecular Hbond substituents is 1. The number of phenols is 1. The van der Waals surface area contributed by atoms with Crippen molar-refractivity contribution in [3.05, 3.63) is 94.0 Å². The lowest BCUT2D eigenvalue weighted by Crippen LogP contribution is -2.52. The number of benzene rings is 3. The van der Waals surface area contributed by atoms with Gasteiger partial charge in [0.1, 0.15) is 23.4 Å². The number of aromatic hydroxyl groups is 1. The van der Waals surface area contributed by atoms with E-state index in [0.717, 1.165) is 22.3 Å². The monoisotopic (exact) mass is 559 g/mol. The van der Waals surface area contributed by atoms with Gasteiger partial charge in [-0.25, -0.2) is 4.79 Å². The maximum Gasteiger partial charge on any atom is 0.408 e. The first kappa shape index (κ1) is 31.2. The number of amides is 3. The maximum atomic E-state index is 14.2. The van der Waals surface area contributed by atoms with E-state index in [2.05, 4.69) is 10.6 Å². The van der Waals surface area contributed by atoms with Crippen molar-refractivity contribution < 1.29 is 24.2 Å². The Kier molecular flexibility index (Phi) is 9.81. The Morgan fingerprint density at radius 3 is 1.88 bits per heavy atom. The lowest BCUT2D eigenvalue weighted by molar-refractivity contribution is -0.139. The van der Waals surface area contributed by atoms with Crippen molar-refractivity contribution in [1.29, 1.82) is 0 Å². The van der Waals surface area contributed by atoms with Crippen LogP contribution in [-0.4, -0.2) is 46.6 Å². The van der Waals surface area contributed by atoms with Crippen molar-refractivity contribution in [1.82, 2.24) is 10.2 Å². The van der Waals surface area contributed by atoms with Crippen molar-refractivity contribution in [3.8, 4) is 5.75 Å². The minimum atomic E-state index is -1.04. The number of anilines is 1. The maximum absolute atomic E-state index is 14.2. The number of nitrogens with zero attached hydrogens (tertiary/aromatic N) is 1. The fourth-order valence-electron chi connectivity index (χ4n) is 4.85. The standard InChI is InChI=1S/C33H41N3O5/c1-20-11-9-12-21(2)27(20)29(30(38)35-28-22(3)13-10-14-23(28)4)36(8)31(39)26(34-32(40)41-33(5,6)7)19-24-15-17-25(37)18-16-24/h9-18,26,29,37H,19H2,1-8H3,(H,34,40)(H,35,38). The molecule has 41 heavy (non-hydrogen) atoms. The Morgan fingerprint density at radius 1 is 0.854 bits per heavy atom. The van der Waals surface area contributed by atoms with Crippen LogP contribution >= 0.6 is 0 Å². The van der Waals surface area contributed by atoms with Gasteiger partial charge < -0.3 is 25.4 Å². The Labute approximate surface area is 242 Å². The number of alkyl carbamates (subject to hydrolysis) is 1. The van der Waals surface area contributed by atoms with Crippen molar-refractivity contribution in [2.24, 2.45) is 0 Å². The topological polar surface area (TPSA) is 108 Å². The first-order chi connectivity index (χ1) is 19.2. The van der Waals surface area contributed by atoms with Gasteiger partial charge in [-0.05, 0) is 94.0 Å². The molecule has 8 nitrogen and oxygen atoms in total. The largest absolute Gasteiger partial charge is 0.508 e. The van der Waals surface area contributed by atoms with Crippen LogP contribution < -0.4 is 10.6 Å². The van der Waals surface area contributed by atoms with E-state index in [1.807, 2.05) is 64.1 Å². The number of carbonyl (C=O) groups excluding carboxylic acids is 3. The zero-order valence-electron chi connectivity index (χ0n) is 25.2. The fraction of sp³-hybridized carbons (Fsp3) is 0.364. The third-order valence-electron chi connectivity index (χ3n) is 6.89. The molecule has 8 heteroatoms. The van der Waals surface area contributed by atoms with E-state index in [0.29, 0.717) is 16.8 Å². The predicted molar refractivity (Wildman–Crippen MR) is 161 cm³/mol. The molecule has 0 aliphatic rings. The summed E-state index contributed by atoms with van der Waals surface area (Å²) in [5.74, 6) is -0.739. The van der Waals surface area contributed by atoms with Crippen LogP contribution in [0, 0.1) is 27.7 Å². The third-order valence-corrected chi connectivity index (χ3v) is 6.89. The van der Waals surface area contributed by atoms with Crippen molar-refractivity contribution in [3.63, 3.8) is 0 Å². The molecule has 0 aliphatic carbocycles. The Morgan fingerprint density at radius 2 is 1.37 bits per heavy atom. The van der Waals surface area contributed by atoms with Crippen LogP contribution in [0.1, 0.15) is 60.2 Å². The number of hydrogen-bond donors (Lipinski definition) is 3. The normalized spacial score (nSPS) is 12.7. The Hall–Kier alpha value is -4.33. The van der Waals surface area contributed by atoms with Gasteiger partial charge in [0, 0.05) is 19.2 Å². The molecule has 3 amide bonds. The highest BCUT2D eigenvalue weighted by Crippen LogP contribution is 2.30. The number of rotatable bonds is 8. The number of nitrogens with one attached hydrogen (secondary N) is 2. The lowest BCUT2D eigenvalue weighted by atomic mass is 9.93. The number of likely N-dealkylation sites (N-methyl/N-ethyl adjacent to an activating group) is 1. The SMILES string of the molecule is Cc1cccc(C)c1NC(=O)C(c1c(C)cccc1C)N(C)C(=O)C(Cc1ccc(O)cc1)NC(=O)OC(C)(C)C. The molecule has 3 rings (SSSR count). The third kappa shape index (κ3) is 8.10. The van der Waals surface area contributed by atoms with Crippen LogP contribution in [0.25, 0.3) is 0 Å². The second-order valence-corrected chi connectivity index (χ2v) is 11.5. The summed E-state index contributed by atoms with van der Waals surface area (Å²) < 4.78 is 5.45. The molecule has 0 bridgehead atoms. The molecule has 0 radical (unpaired) electrons. The van der Waals surface area contributed by atoms with Gasteiger partial charge in [-0.2, -0.15) is 0 Å². The van der Waals surface area contributed by atoms with Crippen LogP contribution in [0.2, 0.25) is 0 Å². The van der Waals surface area contributed by atoms with Gasteiger partial charge in [0.2, 0.25) is 5.91 Å². The molecule has 2 atom stereocenters. The van der Waals surface area contributed by atoms with Crippen LogP contribution in [0.5, 0.6) is 5.75 Å². The summed E-state index contributed by atoms with van der Waals surface area (Å²) in [4.78, 5) is 42.4. The highest BCUT2D eigenvalue weighted by molar-refractivity contribution is 6.00. The van der Waals surface area contributed by atoms with Crippen molar-refractivity contribution in [2.45, 2.75) is 72.6 Å². The zero-order valence-corrected chi connectivity index (χ0v) is 25.2. The molecule has 0 aliphatic heterocycles. The summed E-state index contributed by atoms with van der Waals surface area (Å²) in [5, 5.41) is 15.5. The summed E-state index contributed by atoms with van der Waals surface area (Å²) in [7, 11) is 1.57. The van der Waals surface area contributed by atoms with Gasteiger partial charge in [-0.15, -0.1) is 0 Å². The molecule has 3 aromatic rings. The highest BCUT2D eigenvalue weighted by Gasteiger charge is 2.36. The first-order valence-corrected chi connectivity index (χ1v) is 13.6. The molecule has 0 aromatic heterocycles. The van der Waals surface area contributed by atoms with Crippen molar-refractivity contribution in [2.75, 3.05) is 12.4 Å². The van der Waals surface area contributed by atoms with Crippen LogP contribution in [-0.2, 0) is 20.7 Å². The smallest absolute Gasteiger partial charge is 0.408 e. The molecule has 0 heterocycles. The minimum Gasteiger partial charge on any atom is -0.508 e. The molecule has 2 unspecified atom stereocenters. The number of carbonyl (C=O) groups is 3. The molecule has 218 valence electrons. The van der Waals surface area contributed by atoms with Gasteiger partial charge in [0.15, 0.2) is 0 Å². The van der Waals surface area contributed by atoms with E-state index < -0.39 is 29.7 Å². The second-order valence-electron chi connectivity index (χ2n) is 11.5. The van der Waals surface area contributed by atoms with Crippen molar-refractivity contribution >= 4 is 23.6 Å². The lowest BCUT2D eigenvalue weighted by Gasteiger charge is -2.33. The first-order valence-electron chi connectivity index (χ1n) is 13.6. The average Bonchev–Trinajstić information content (AvgIpc) is 2.87. The number of aryl methyl sites for hydroxylation is 4. The minimum absolute atomic E-state index is 0.0899. The second kappa shape index (κ2) is 12.9. The van der Waals surface area contributed by atoms with E-state index >= 15 is 0 Å². The van der Waals surface area contributed by atoms with Gasteiger partial charge in [-0.1, -0.05) is 48.5 Å². The Bertz CT molecular complexity index is 1370. The van der Waals surface area contributed by atoms with E-state index in [1.165, 1.54) is 17.0 Å². The van der Waals surface area contributed by atoms with E-state index in [4.69, 9.17) is 4.74 Å². The van der Waals surface area contributed by atoms with E-state index in [-0.39, 0.29) is 18.1 Å². The zero-order chi connectivity index (χ0) is 30.5. The van der Waals surface area contributed by atoms with Crippen LogP contribution in [0.4, 0.5) is 10.5 Å². The summed E-state index contributed by atoms with van der Waals surface area (Å²) in [6.07, 6.45) is -0.618. The molecule has 0 saturated carbocycles. The molecule has 0 fully saturated rings. The van der Waals surface area contributed by atoms with E-state index in [1.54, 1.807) is 40.0 Å². The average molecular weight is 560 g/mol. The number of hydrogen-bond acceptors (Lipinski definition) is 5. The summed E-state index contributed by atoms with van der Waals surface area (Å²) in [5.41, 5.74) is 4.90. The molecule has 0 saturated heterocycles. The van der Waals surface area contributed by atoms with Gasteiger partial charge in [-0.3, -0.25) is 9.59 Å². The molecule has 3 aromatic carbocycles. The number of ether oxygens (including phenoxy) is 1. The predicted octanol–water partition coefficient (Wildman–Crippen LogP) is 5.90. The molecular formula is C33H41N3O5. The van der Waals surface area contributed by atoms with Gasteiger partial charge in [0.25, 0.3) is 5.91 Å².